The molecule has 1 saturated heterocycles. The van der Waals surface area contributed by atoms with Gasteiger partial charge in [-0.2, -0.15) is 0 Å². The Morgan fingerprint density at radius 1 is 0.971 bits per heavy atom. The molecule has 1 heterocycles. The van der Waals surface area contributed by atoms with Gasteiger partial charge in [0.1, 0.15) is 30.0 Å². The van der Waals surface area contributed by atoms with Crippen LogP contribution < -0.4 is 0 Å². The van der Waals surface area contributed by atoms with Gasteiger partial charge in [0.15, 0.2) is 6.29 Å². The van der Waals surface area contributed by atoms with Gasteiger partial charge >= 0.3 is 0 Å². The van der Waals surface area contributed by atoms with Gasteiger partial charge in [-0.05, 0) is 62.7 Å². The van der Waals surface area contributed by atoms with Gasteiger partial charge < -0.3 is 45.2 Å². The second-order valence-electron chi connectivity index (χ2n) is 12.9. The Kier molecular flexibility index (Phi) is 6.08. The summed E-state index contributed by atoms with van der Waals surface area (Å²) < 4.78 is 11.7. The molecule has 0 radical (unpaired) electrons. The minimum Gasteiger partial charge on any atom is -0.394 e. The summed E-state index contributed by atoms with van der Waals surface area (Å²) >= 11 is 0. The molecule has 1 aliphatic heterocycles. The molecule has 0 unspecified atom stereocenters. The minimum absolute atomic E-state index is 0.0724. The fourth-order valence-corrected chi connectivity index (χ4v) is 8.71. The normalized spacial score (nSPS) is 57.5. The standard InChI is InChI=1S/C26H42O9/c1-12-14-6-5-13-8-25(14,11-24(13,4)32)9-17(28)26(33)15(12)7-18(23(26,2)3)35-22-21(31)20(30)19(29)16(10-27)34-22/h13-22,27-33H,1,5-11H2,2-4H3/t13-,14+,15+,16-,17-,18+,19-,20+,21-,22+,24-,25-,26+/m1/s1. The Morgan fingerprint density at radius 2 is 1.66 bits per heavy atom. The fraction of sp³-hybridized carbons (Fsp3) is 0.923. The molecular formula is C26H42O9. The van der Waals surface area contributed by atoms with E-state index in [9.17, 15) is 35.7 Å². The van der Waals surface area contributed by atoms with E-state index in [0.717, 1.165) is 24.8 Å². The van der Waals surface area contributed by atoms with E-state index in [1.54, 1.807) is 0 Å². The summed E-state index contributed by atoms with van der Waals surface area (Å²) in [5.74, 6) is -0.210. The zero-order chi connectivity index (χ0) is 25.7. The maximum atomic E-state index is 12.2. The lowest BCUT2D eigenvalue weighted by atomic mass is 9.63. The van der Waals surface area contributed by atoms with Crippen LogP contribution in [0.5, 0.6) is 0 Å². The lowest BCUT2D eigenvalue weighted by Crippen LogP contribution is -2.61. The highest BCUT2D eigenvalue weighted by Gasteiger charge is 2.70. The molecule has 4 aliphatic carbocycles. The molecule has 4 saturated carbocycles. The highest BCUT2D eigenvalue weighted by atomic mass is 16.7. The van der Waals surface area contributed by atoms with Gasteiger partial charge in [0, 0.05) is 11.3 Å². The number of aliphatic hydroxyl groups is 7. The molecule has 9 heteroatoms. The number of hydrogen-bond acceptors (Lipinski definition) is 9. The van der Waals surface area contributed by atoms with E-state index >= 15 is 0 Å². The molecular weight excluding hydrogens is 456 g/mol. The van der Waals surface area contributed by atoms with Crippen molar-refractivity contribution in [2.24, 2.45) is 28.6 Å². The zero-order valence-corrected chi connectivity index (χ0v) is 20.9. The summed E-state index contributed by atoms with van der Waals surface area (Å²) in [6, 6.07) is 0. The Labute approximate surface area is 206 Å². The molecule has 5 fully saturated rings. The van der Waals surface area contributed by atoms with Crippen LogP contribution >= 0.6 is 0 Å². The van der Waals surface area contributed by atoms with E-state index < -0.39 is 72.1 Å². The topological polar surface area (TPSA) is 160 Å². The predicted octanol–water partition coefficient (Wildman–Crippen LogP) is -0.173. The molecule has 13 atom stereocenters. The van der Waals surface area contributed by atoms with E-state index in [-0.39, 0.29) is 17.3 Å². The van der Waals surface area contributed by atoms with Crippen molar-refractivity contribution in [3.05, 3.63) is 12.2 Å². The average molecular weight is 499 g/mol. The van der Waals surface area contributed by atoms with Crippen molar-refractivity contribution in [2.45, 2.75) is 113 Å². The van der Waals surface area contributed by atoms with Gasteiger partial charge in [-0.1, -0.05) is 26.0 Å². The van der Waals surface area contributed by atoms with Crippen LogP contribution in [0.25, 0.3) is 0 Å². The van der Waals surface area contributed by atoms with Crippen LogP contribution in [0.2, 0.25) is 0 Å². The largest absolute Gasteiger partial charge is 0.394 e. The Bertz CT molecular complexity index is 858. The Hall–Kier alpha value is -0.620. The van der Waals surface area contributed by atoms with Gasteiger partial charge in [0.25, 0.3) is 0 Å². The predicted molar refractivity (Wildman–Crippen MR) is 124 cm³/mol. The highest BCUT2D eigenvalue weighted by Crippen LogP contribution is 2.69. The third-order valence-electron chi connectivity index (χ3n) is 10.8. The lowest BCUT2D eigenvalue weighted by Gasteiger charge is -2.47. The van der Waals surface area contributed by atoms with Gasteiger partial charge in [0.2, 0.25) is 0 Å². The molecule has 35 heavy (non-hydrogen) atoms. The Balaban J connectivity index is 1.44. The molecule has 0 aromatic carbocycles. The molecule has 5 rings (SSSR count). The second kappa shape index (κ2) is 8.19. The smallest absolute Gasteiger partial charge is 0.186 e. The van der Waals surface area contributed by atoms with Gasteiger partial charge in [-0.15, -0.1) is 0 Å². The summed E-state index contributed by atoms with van der Waals surface area (Å²) in [4.78, 5) is 0. The molecule has 0 aromatic heterocycles. The summed E-state index contributed by atoms with van der Waals surface area (Å²) in [7, 11) is 0. The number of ether oxygens (including phenoxy) is 2. The van der Waals surface area contributed by atoms with E-state index in [1.165, 1.54) is 0 Å². The van der Waals surface area contributed by atoms with Crippen LogP contribution in [0.1, 0.15) is 59.3 Å². The fourth-order valence-electron chi connectivity index (χ4n) is 8.71. The highest BCUT2D eigenvalue weighted by molar-refractivity contribution is 5.30. The first kappa shape index (κ1) is 26.0. The van der Waals surface area contributed by atoms with E-state index in [4.69, 9.17) is 9.47 Å². The van der Waals surface area contributed by atoms with Crippen LogP contribution in [0.15, 0.2) is 12.2 Å². The van der Waals surface area contributed by atoms with Crippen molar-refractivity contribution in [3.63, 3.8) is 0 Å². The molecule has 0 amide bonds. The maximum absolute atomic E-state index is 12.2. The quantitative estimate of drug-likeness (QED) is 0.262. The van der Waals surface area contributed by atoms with Crippen LogP contribution in [-0.2, 0) is 9.47 Å². The molecule has 5 aliphatic rings. The maximum Gasteiger partial charge on any atom is 0.186 e. The van der Waals surface area contributed by atoms with Crippen molar-refractivity contribution < 1.29 is 45.2 Å². The van der Waals surface area contributed by atoms with Gasteiger partial charge in [-0.25, -0.2) is 0 Å². The molecule has 0 aromatic rings. The Morgan fingerprint density at radius 3 is 2.31 bits per heavy atom. The molecule has 2 bridgehead atoms. The zero-order valence-electron chi connectivity index (χ0n) is 20.9. The van der Waals surface area contributed by atoms with Crippen molar-refractivity contribution in [1.82, 2.24) is 0 Å². The number of rotatable bonds is 3. The van der Waals surface area contributed by atoms with Gasteiger partial charge in [0.05, 0.1) is 24.4 Å². The SMILES string of the molecule is C=C1[C@@H]2CC[C@@H]3C[C@@]2(C[C@@H](O)[C@@]2(O)[C@H]1C[C@H](O[C@@H]1O[C@H](CO)[C@@H](O)[C@H](O)[C@H]1O)C2(C)C)C[C@@]3(C)O. The summed E-state index contributed by atoms with van der Waals surface area (Å²) in [5.41, 5.74) is -2.75. The average Bonchev–Trinajstić information content (AvgIpc) is 3.08. The van der Waals surface area contributed by atoms with Crippen LogP contribution in [-0.4, -0.2) is 96.5 Å². The first-order chi connectivity index (χ1) is 16.2. The summed E-state index contributed by atoms with van der Waals surface area (Å²) in [6.07, 6.45) is -4.90. The molecule has 200 valence electrons. The van der Waals surface area contributed by atoms with E-state index in [0.29, 0.717) is 19.3 Å². The monoisotopic (exact) mass is 498 g/mol. The molecule has 9 nitrogen and oxygen atoms in total. The summed E-state index contributed by atoms with van der Waals surface area (Å²) in [5, 5.41) is 75.2. The minimum atomic E-state index is -1.56. The van der Waals surface area contributed by atoms with E-state index in [1.807, 2.05) is 20.8 Å². The van der Waals surface area contributed by atoms with Crippen molar-refractivity contribution in [2.75, 3.05) is 6.61 Å². The van der Waals surface area contributed by atoms with Crippen molar-refractivity contribution in [1.29, 1.82) is 0 Å². The van der Waals surface area contributed by atoms with Crippen molar-refractivity contribution in [3.8, 4) is 0 Å². The molecule has 7 N–H and O–H groups in total. The number of aliphatic hydroxyl groups excluding tert-OH is 5. The first-order valence-electron chi connectivity index (χ1n) is 13.0. The van der Waals surface area contributed by atoms with Gasteiger partial charge in [-0.3, -0.25) is 0 Å². The van der Waals surface area contributed by atoms with Crippen LogP contribution in [0, 0.1) is 28.6 Å². The first-order valence-corrected chi connectivity index (χ1v) is 13.0. The molecule has 1 spiro atoms. The second-order valence-corrected chi connectivity index (χ2v) is 12.9. The number of fused-ring (bicyclic) bond motifs is 2. The third kappa shape index (κ3) is 3.47. The van der Waals surface area contributed by atoms with Crippen molar-refractivity contribution >= 4 is 0 Å². The lowest BCUT2D eigenvalue weighted by molar-refractivity contribution is -0.321. The third-order valence-corrected chi connectivity index (χ3v) is 10.8. The van der Waals surface area contributed by atoms with E-state index in [2.05, 4.69) is 6.58 Å². The summed E-state index contributed by atoms with van der Waals surface area (Å²) in [6.45, 7) is 9.42. The van der Waals surface area contributed by atoms with Crippen LogP contribution in [0.4, 0.5) is 0 Å². The number of hydrogen-bond donors (Lipinski definition) is 7. The van der Waals surface area contributed by atoms with Crippen LogP contribution in [0.3, 0.4) is 0 Å².